The molecule has 0 spiro atoms. The predicted molar refractivity (Wildman–Crippen MR) is 135 cm³/mol. The molecule has 0 radical (unpaired) electrons. The van der Waals surface area contributed by atoms with Gasteiger partial charge >= 0.3 is 0 Å². The van der Waals surface area contributed by atoms with Crippen LogP contribution in [0.2, 0.25) is 0 Å². The Balaban J connectivity index is 1.23. The summed E-state index contributed by atoms with van der Waals surface area (Å²) in [7, 11) is 0. The fourth-order valence-corrected chi connectivity index (χ4v) is 3.71. The SMILES string of the molecule is Nc1cn(-c2ccccc2)nc1NC(=O)c1ccc(C(N)C(=O)Nc2ccc3c(c2)OCCO3)cc1. The van der Waals surface area contributed by atoms with E-state index in [1.54, 1.807) is 53.3 Å². The van der Waals surface area contributed by atoms with Crippen molar-refractivity contribution >= 4 is 29.0 Å². The molecular formula is C26H24N6O4. The number of para-hydroxylation sites is 1. The number of nitrogens with zero attached hydrogens (tertiary/aromatic N) is 2. The van der Waals surface area contributed by atoms with Crippen molar-refractivity contribution in [1.82, 2.24) is 9.78 Å². The van der Waals surface area contributed by atoms with Crippen molar-refractivity contribution in [3.05, 3.63) is 90.1 Å². The molecule has 1 atom stereocenters. The summed E-state index contributed by atoms with van der Waals surface area (Å²) in [5, 5.41) is 9.85. The molecule has 36 heavy (non-hydrogen) atoms. The van der Waals surface area contributed by atoms with Gasteiger partial charge in [-0.3, -0.25) is 9.59 Å². The summed E-state index contributed by atoms with van der Waals surface area (Å²) in [4.78, 5) is 25.4. The van der Waals surface area contributed by atoms with E-state index < -0.39 is 11.9 Å². The van der Waals surface area contributed by atoms with Crippen LogP contribution in [0.3, 0.4) is 0 Å². The van der Waals surface area contributed by atoms with Crippen LogP contribution < -0.4 is 31.6 Å². The van der Waals surface area contributed by atoms with E-state index in [1.165, 1.54) is 0 Å². The molecule has 1 aromatic heterocycles. The van der Waals surface area contributed by atoms with Crippen LogP contribution in [0, 0.1) is 0 Å². The third-order valence-electron chi connectivity index (χ3n) is 5.62. The summed E-state index contributed by atoms with van der Waals surface area (Å²) in [6.07, 6.45) is 1.63. The largest absolute Gasteiger partial charge is 0.486 e. The number of hydrogen-bond donors (Lipinski definition) is 4. The lowest BCUT2D eigenvalue weighted by atomic mass is 10.0. The number of carbonyl (C=O) groups is 2. The van der Waals surface area contributed by atoms with Gasteiger partial charge in [0.2, 0.25) is 5.91 Å². The van der Waals surface area contributed by atoms with Gasteiger partial charge < -0.3 is 31.6 Å². The Bertz CT molecular complexity index is 1400. The molecular weight excluding hydrogens is 460 g/mol. The van der Waals surface area contributed by atoms with Gasteiger partial charge in [0.1, 0.15) is 19.3 Å². The average Bonchev–Trinajstić information content (AvgIpc) is 3.28. The van der Waals surface area contributed by atoms with E-state index in [0.717, 1.165) is 5.69 Å². The Morgan fingerprint density at radius 2 is 1.64 bits per heavy atom. The van der Waals surface area contributed by atoms with Crippen LogP contribution in [-0.2, 0) is 4.79 Å². The summed E-state index contributed by atoms with van der Waals surface area (Å²) in [6, 6.07) is 20.1. The van der Waals surface area contributed by atoms with Gasteiger partial charge in [0.25, 0.3) is 5.91 Å². The fourth-order valence-electron chi connectivity index (χ4n) is 3.71. The van der Waals surface area contributed by atoms with Crippen LogP contribution in [0.25, 0.3) is 5.69 Å². The standard InChI is InChI=1S/C26H24N6O4/c27-20-15-32(19-4-2-1-3-5-19)31-24(20)30-25(33)17-8-6-16(7-9-17)23(28)26(34)29-18-10-11-21-22(14-18)36-13-12-35-21/h1-11,14-15,23H,12-13,27-28H2,(H,29,34)(H,30,31,33). The molecule has 0 saturated carbocycles. The van der Waals surface area contributed by atoms with Gasteiger partial charge in [-0.15, -0.1) is 5.10 Å². The van der Waals surface area contributed by atoms with E-state index in [1.807, 2.05) is 30.3 Å². The van der Waals surface area contributed by atoms with Crippen molar-refractivity contribution in [1.29, 1.82) is 0 Å². The first-order valence-electron chi connectivity index (χ1n) is 11.3. The second kappa shape index (κ2) is 9.80. The van der Waals surface area contributed by atoms with Crippen LogP contribution in [0.4, 0.5) is 17.2 Å². The molecule has 0 aliphatic carbocycles. The highest BCUT2D eigenvalue weighted by atomic mass is 16.6. The molecule has 2 heterocycles. The molecule has 10 nitrogen and oxygen atoms in total. The Kier molecular flexibility index (Phi) is 6.25. The molecule has 5 rings (SSSR count). The molecule has 1 aliphatic rings. The van der Waals surface area contributed by atoms with E-state index in [4.69, 9.17) is 20.9 Å². The third kappa shape index (κ3) is 4.84. The number of fused-ring (bicyclic) bond motifs is 1. The van der Waals surface area contributed by atoms with Crippen LogP contribution >= 0.6 is 0 Å². The summed E-state index contributed by atoms with van der Waals surface area (Å²) >= 11 is 0. The monoisotopic (exact) mass is 484 g/mol. The fraction of sp³-hybridized carbons (Fsp3) is 0.115. The highest BCUT2D eigenvalue weighted by Gasteiger charge is 2.19. The lowest BCUT2D eigenvalue weighted by Gasteiger charge is -2.19. The number of aromatic nitrogens is 2. The van der Waals surface area contributed by atoms with Gasteiger partial charge in [0, 0.05) is 17.3 Å². The summed E-state index contributed by atoms with van der Waals surface area (Å²) in [5.41, 5.74) is 14.8. The predicted octanol–water partition coefficient (Wildman–Crippen LogP) is 3.12. The van der Waals surface area contributed by atoms with Gasteiger partial charge in [-0.2, -0.15) is 0 Å². The number of anilines is 3. The molecule has 0 fully saturated rings. The van der Waals surface area contributed by atoms with Crippen molar-refractivity contribution in [2.24, 2.45) is 5.73 Å². The number of ether oxygens (including phenoxy) is 2. The topological polar surface area (TPSA) is 147 Å². The highest BCUT2D eigenvalue weighted by Crippen LogP contribution is 2.32. The first-order chi connectivity index (χ1) is 17.5. The zero-order valence-corrected chi connectivity index (χ0v) is 19.2. The van der Waals surface area contributed by atoms with Crippen molar-refractivity contribution in [3.63, 3.8) is 0 Å². The quantitative estimate of drug-likeness (QED) is 0.329. The molecule has 0 bridgehead atoms. The van der Waals surface area contributed by atoms with E-state index in [-0.39, 0.29) is 11.7 Å². The minimum atomic E-state index is -0.937. The van der Waals surface area contributed by atoms with E-state index in [9.17, 15) is 9.59 Å². The third-order valence-corrected chi connectivity index (χ3v) is 5.62. The molecule has 1 unspecified atom stereocenters. The summed E-state index contributed by atoms with van der Waals surface area (Å²) < 4.78 is 12.6. The average molecular weight is 485 g/mol. The normalized spacial score (nSPS) is 13.0. The molecule has 4 aromatic rings. The van der Waals surface area contributed by atoms with E-state index in [2.05, 4.69) is 15.7 Å². The molecule has 3 aromatic carbocycles. The Morgan fingerprint density at radius 1 is 0.917 bits per heavy atom. The summed E-state index contributed by atoms with van der Waals surface area (Å²) in [5.74, 6) is 0.663. The Hall–Kier alpha value is -4.83. The van der Waals surface area contributed by atoms with Crippen molar-refractivity contribution in [2.45, 2.75) is 6.04 Å². The highest BCUT2D eigenvalue weighted by molar-refractivity contribution is 6.05. The Labute approximate surface area is 206 Å². The number of nitrogens with one attached hydrogen (secondary N) is 2. The maximum Gasteiger partial charge on any atom is 0.256 e. The first kappa shape index (κ1) is 22.9. The van der Waals surface area contributed by atoms with Crippen molar-refractivity contribution < 1.29 is 19.1 Å². The van der Waals surface area contributed by atoms with Gasteiger partial charge in [-0.1, -0.05) is 30.3 Å². The second-order valence-corrected chi connectivity index (χ2v) is 8.11. The van der Waals surface area contributed by atoms with Crippen LogP contribution in [0.5, 0.6) is 11.5 Å². The Morgan fingerprint density at radius 3 is 2.39 bits per heavy atom. The number of hydrogen-bond acceptors (Lipinski definition) is 7. The minimum Gasteiger partial charge on any atom is -0.486 e. The van der Waals surface area contributed by atoms with Gasteiger partial charge in [0.05, 0.1) is 17.6 Å². The molecule has 0 saturated heterocycles. The van der Waals surface area contributed by atoms with Crippen LogP contribution in [0.1, 0.15) is 22.0 Å². The first-order valence-corrected chi connectivity index (χ1v) is 11.3. The second-order valence-electron chi connectivity index (χ2n) is 8.11. The van der Waals surface area contributed by atoms with Gasteiger partial charge in [-0.25, -0.2) is 4.68 Å². The number of nitrogens with two attached hydrogens (primary N) is 2. The number of carbonyl (C=O) groups excluding carboxylic acids is 2. The molecule has 182 valence electrons. The number of rotatable bonds is 6. The van der Waals surface area contributed by atoms with Crippen LogP contribution in [0.15, 0.2) is 79.0 Å². The van der Waals surface area contributed by atoms with Crippen LogP contribution in [-0.4, -0.2) is 34.8 Å². The maximum atomic E-state index is 12.7. The lowest BCUT2D eigenvalue weighted by Crippen LogP contribution is -2.28. The zero-order chi connectivity index (χ0) is 25.1. The lowest BCUT2D eigenvalue weighted by molar-refractivity contribution is -0.117. The number of amides is 2. The molecule has 2 amide bonds. The number of nitrogen functional groups attached to an aromatic ring is 1. The number of benzene rings is 3. The minimum absolute atomic E-state index is 0.253. The smallest absolute Gasteiger partial charge is 0.256 e. The van der Waals surface area contributed by atoms with E-state index in [0.29, 0.717) is 47.2 Å². The van der Waals surface area contributed by atoms with E-state index >= 15 is 0 Å². The van der Waals surface area contributed by atoms with Gasteiger partial charge in [0.15, 0.2) is 17.3 Å². The molecule has 6 N–H and O–H groups in total. The van der Waals surface area contributed by atoms with Gasteiger partial charge in [-0.05, 0) is 42.0 Å². The molecule has 1 aliphatic heterocycles. The molecule has 10 heteroatoms. The maximum absolute atomic E-state index is 12.7. The van der Waals surface area contributed by atoms with Crippen molar-refractivity contribution in [2.75, 3.05) is 29.6 Å². The van der Waals surface area contributed by atoms with Crippen molar-refractivity contribution in [3.8, 4) is 17.2 Å². The summed E-state index contributed by atoms with van der Waals surface area (Å²) in [6.45, 7) is 0.938. The zero-order valence-electron chi connectivity index (χ0n) is 19.2.